The van der Waals surface area contributed by atoms with Gasteiger partial charge in [0, 0.05) is 20.0 Å². The Balaban J connectivity index is 2.49. The average molecular weight is 474 g/mol. The van der Waals surface area contributed by atoms with Crippen LogP contribution in [0.5, 0.6) is 0 Å². The molecule has 4 atom stereocenters. The molecule has 26 heavy (non-hydrogen) atoms. The van der Waals surface area contributed by atoms with Crippen LogP contribution >= 0.6 is 39.1 Å². The van der Waals surface area contributed by atoms with E-state index in [9.17, 15) is 19.2 Å². The molecule has 12 heteroatoms. The van der Waals surface area contributed by atoms with Crippen molar-refractivity contribution >= 4 is 51.1 Å². The van der Waals surface area contributed by atoms with E-state index in [1.807, 2.05) is 0 Å². The van der Waals surface area contributed by atoms with Gasteiger partial charge >= 0.3 is 17.6 Å². The van der Waals surface area contributed by atoms with Gasteiger partial charge in [-0.05, 0) is 15.9 Å². The molecule has 0 spiro atoms. The fraction of sp³-hybridized carbons (Fsp3) is 0.571. The van der Waals surface area contributed by atoms with Gasteiger partial charge in [-0.25, -0.2) is 4.79 Å². The van der Waals surface area contributed by atoms with Crippen LogP contribution in [0.15, 0.2) is 20.3 Å². The standard InChI is InChI=1S/C14H15BrCl2N2O7/c1-6(20)24-5-14(4-16)10(25-7(2)21)9(17)12(26-14)19-3-8(15)11(22)18-13(19)23/h3,9-10,12H,4-5H2,1-2H3,(H,18,22,23)/t9-,10+,12-,14+/m1/s1. The number of hydrogen-bond donors (Lipinski definition) is 1. The van der Waals surface area contributed by atoms with Gasteiger partial charge < -0.3 is 14.2 Å². The van der Waals surface area contributed by atoms with E-state index in [0.717, 1.165) is 4.57 Å². The maximum atomic E-state index is 12.1. The maximum Gasteiger partial charge on any atom is 0.330 e. The topological polar surface area (TPSA) is 117 Å². The highest BCUT2D eigenvalue weighted by molar-refractivity contribution is 9.10. The molecule has 2 heterocycles. The Kier molecular flexibility index (Phi) is 6.54. The van der Waals surface area contributed by atoms with Gasteiger partial charge in [0.15, 0.2) is 17.9 Å². The van der Waals surface area contributed by atoms with E-state index in [2.05, 4.69) is 20.9 Å². The van der Waals surface area contributed by atoms with Gasteiger partial charge in [0.2, 0.25) is 0 Å². The average Bonchev–Trinajstić information content (AvgIpc) is 2.82. The van der Waals surface area contributed by atoms with Crippen LogP contribution in [-0.4, -0.2) is 51.1 Å². The first kappa shape index (κ1) is 20.9. The lowest BCUT2D eigenvalue weighted by molar-refractivity contribution is -0.171. The van der Waals surface area contributed by atoms with Crippen LogP contribution in [0.2, 0.25) is 0 Å². The Labute approximate surface area is 165 Å². The molecule has 0 unspecified atom stereocenters. The number of H-pyrrole nitrogens is 1. The number of halogens is 3. The zero-order valence-corrected chi connectivity index (χ0v) is 16.8. The van der Waals surface area contributed by atoms with Crippen LogP contribution in [0.25, 0.3) is 0 Å². The summed E-state index contributed by atoms with van der Waals surface area (Å²) >= 11 is 15.4. The highest BCUT2D eigenvalue weighted by atomic mass is 79.9. The van der Waals surface area contributed by atoms with Crippen molar-refractivity contribution in [2.45, 2.75) is 37.2 Å². The third-order valence-electron chi connectivity index (χ3n) is 3.67. The van der Waals surface area contributed by atoms with E-state index >= 15 is 0 Å². The van der Waals surface area contributed by atoms with Gasteiger partial charge in [0.05, 0.1) is 10.4 Å². The molecule has 1 saturated heterocycles. The van der Waals surface area contributed by atoms with E-state index in [0.29, 0.717) is 0 Å². The van der Waals surface area contributed by atoms with E-state index in [4.69, 9.17) is 37.4 Å². The molecule has 0 aromatic carbocycles. The summed E-state index contributed by atoms with van der Waals surface area (Å²) in [6.07, 6.45) is -1.06. The summed E-state index contributed by atoms with van der Waals surface area (Å²) < 4.78 is 17.2. The number of esters is 2. The van der Waals surface area contributed by atoms with Crippen molar-refractivity contribution in [3.05, 3.63) is 31.5 Å². The van der Waals surface area contributed by atoms with Gasteiger partial charge in [-0.15, -0.1) is 23.2 Å². The summed E-state index contributed by atoms with van der Waals surface area (Å²) in [4.78, 5) is 48.4. The maximum absolute atomic E-state index is 12.1. The molecule has 1 aliphatic rings. The second-order valence-corrected chi connectivity index (χ2v) is 7.23. The van der Waals surface area contributed by atoms with Crippen LogP contribution in [-0.2, 0) is 23.8 Å². The van der Waals surface area contributed by atoms with Crippen molar-refractivity contribution in [2.75, 3.05) is 12.5 Å². The fourth-order valence-corrected chi connectivity index (χ4v) is 3.58. The Hall–Kier alpha value is -1.36. The minimum absolute atomic E-state index is 0.0666. The molecule has 0 saturated carbocycles. The molecule has 2 rings (SSSR count). The molecular weight excluding hydrogens is 459 g/mol. The minimum atomic E-state index is -1.47. The highest BCUT2D eigenvalue weighted by Gasteiger charge is 2.58. The fourth-order valence-electron chi connectivity index (χ4n) is 2.51. The summed E-state index contributed by atoms with van der Waals surface area (Å²) in [5.41, 5.74) is -2.89. The minimum Gasteiger partial charge on any atom is -0.463 e. The number of carbonyl (C=O) groups is 2. The molecule has 0 radical (unpaired) electrons. The van der Waals surface area contributed by atoms with Gasteiger partial charge in [-0.3, -0.25) is 23.9 Å². The zero-order chi connectivity index (χ0) is 19.6. The van der Waals surface area contributed by atoms with Crippen LogP contribution in [0.1, 0.15) is 20.1 Å². The first-order valence-corrected chi connectivity index (χ1v) is 9.07. The monoisotopic (exact) mass is 472 g/mol. The number of nitrogens with zero attached hydrogens (tertiary/aromatic N) is 1. The third kappa shape index (κ3) is 4.13. The predicted octanol–water partition coefficient (Wildman–Crippen LogP) is 0.908. The third-order valence-corrected chi connectivity index (χ3v) is 5.13. The van der Waals surface area contributed by atoms with E-state index < -0.39 is 46.5 Å². The molecule has 1 N–H and O–H groups in total. The second kappa shape index (κ2) is 8.12. The molecule has 1 aromatic rings. The molecule has 9 nitrogen and oxygen atoms in total. The molecule has 0 bridgehead atoms. The van der Waals surface area contributed by atoms with Crippen LogP contribution in [0.4, 0.5) is 0 Å². The normalized spacial score (nSPS) is 28.0. The summed E-state index contributed by atoms with van der Waals surface area (Å²) in [7, 11) is 0. The predicted molar refractivity (Wildman–Crippen MR) is 94.4 cm³/mol. The number of rotatable bonds is 5. The molecule has 1 aliphatic heterocycles. The van der Waals surface area contributed by atoms with Gasteiger partial charge in [0.25, 0.3) is 5.56 Å². The molecule has 1 fully saturated rings. The van der Waals surface area contributed by atoms with Crippen LogP contribution in [0.3, 0.4) is 0 Å². The Morgan fingerprint density at radius 1 is 1.38 bits per heavy atom. The second-order valence-electron chi connectivity index (χ2n) is 5.61. The van der Waals surface area contributed by atoms with Gasteiger partial charge in [0.1, 0.15) is 12.0 Å². The number of ether oxygens (including phenoxy) is 3. The Bertz CT molecular complexity index is 826. The first-order valence-electron chi connectivity index (χ1n) is 7.30. The van der Waals surface area contributed by atoms with Crippen molar-refractivity contribution in [1.29, 1.82) is 0 Å². The van der Waals surface area contributed by atoms with Crippen LogP contribution in [0, 0.1) is 0 Å². The van der Waals surface area contributed by atoms with Crippen molar-refractivity contribution in [1.82, 2.24) is 9.55 Å². The Morgan fingerprint density at radius 3 is 2.58 bits per heavy atom. The Morgan fingerprint density at radius 2 is 2.04 bits per heavy atom. The summed E-state index contributed by atoms with van der Waals surface area (Å²) in [5, 5.41) is -1.05. The SMILES string of the molecule is CC(=O)OC[C@]1(CCl)O[C@@H](n2cc(Br)c(=O)[nH]c2=O)[C@H](Cl)[C@@H]1OC(C)=O. The molecule has 0 aliphatic carbocycles. The van der Waals surface area contributed by atoms with Gasteiger partial charge in [-0.1, -0.05) is 0 Å². The van der Waals surface area contributed by atoms with E-state index in [-0.39, 0.29) is 17.0 Å². The van der Waals surface area contributed by atoms with Crippen molar-refractivity contribution in [3.63, 3.8) is 0 Å². The smallest absolute Gasteiger partial charge is 0.330 e. The number of aromatic amines is 1. The van der Waals surface area contributed by atoms with Crippen molar-refractivity contribution < 1.29 is 23.8 Å². The summed E-state index contributed by atoms with van der Waals surface area (Å²) in [5.74, 6) is -1.49. The van der Waals surface area contributed by atoms with E-state index in [1.54, 1.807) is 0 Å². The van der Waals surface area contributed by atoms with Crippen molar-refractivity contribution in [2.24, 2.45) is 0 Å². The largest absolute Gasteiger partial charge is 0.463 e. The lowest BCUT2D eigenvalue weighted by Crippen LogP contribution is -2.50. The summed E-state index contributed by atoms with van der Waals surface area (Å²) in [6.45, 7) is 2.02. The number of alkyl halides is 2. The molecule has 144 valence electrons. The molecule has 0 amide bonds. The molecular formula is C14H15BrCl2N2O7. The first-order chi connectivity index (χ1) is 12.1. The summed E-state index contributed by atoms with van der Waals surface area (Å²) in [6, 6.07) is 0. The zero-order valence-electron chi connectivity index (χ0n) is 13.7. The van der Waals surface area contributed by atoms with Gasteiger partial charge in [-0.2, -0.15) is 0 Å². The van der Waals surface area contributed by atoms with Crippen molar-refractivity contribution in [3.8, 4) is 0 Å². The lowest BCUT2D eigenvalue weighted by Gasteiger charge is -2.31. The molecule has 1 aromatic heterocycles. The number of aromatic nitrogens is 2. The number of carbonyl (C=O) groups excluding carboxylic acids is 2. The number of hydrogen-bond acceptors (Lipinski definition) is 7. The van der Waals surface area contributed by atoms with E-state index in [1.165, 1.54) is 20.0 Å². The quantitative estimate of drug-likeness (QED) is 0.498. The highest BCUT2D eigenvalue weighted by Crippen LogP contribution is 2.42. The number of nitrogens with one attached hydrogen (secondary N) is 1. The van der Waals surface area contributed by atoms with Crippen LogP contribution < -0.4 is 11.2 Å². The lowest BCUT2D eigenvalue weighted by atomic mass is 9.99.